The lowest BCUT2D eigenvalue weighted by atomic mass is 10.3. The Balaban J connectivity index is 0.00000182. The van der Waals surface area contributed by atoms with Crippen LogP contribution in [0.4, 0.5) is 11.6 Å². The fourth-order valence-corrected chi connectivity index (χ4v) is 2.50. The highest BCUT2D eigenvalue weighted by molar-refractivity contribution is 5.85. The monoisotopic (exact) mass is 348 g/mol. The van der Waals surface area contributed by atoms with E-state index in [1.54, 1.807) is 0 Å². The summed E-state index contributed by atoms with van der Waals surface area (Å²) in [5.41, 5.74) is 2.89. The van der Waals surface area contributed by atoms with Crippen LogP contribution in [0.5, 0.6) is 0 Å². The summed E-state index contributed by atoms with van der Waals surface area (Å²) < 4.78 is 3.83. The Bertz CT molecular complexity index is 922. The molecular weight excluding hydrogens is 332 g/mol. The second-order valence-corrected chi connectivity index (χ2v) is 5.35. The summed E-state index contributed by atoms with van der Waals surface area (Å²) in [6.07, 6.45) is 1.95. The Morgan fingerprint density at radius 2 is 1.28 bits per heavy atom. The molecule has 4 aromatic rings. The van der Waals surface area contributed by atoms with Gasteiger partial charge in [0.2, 0.25) is 0 Å². The van der Waals surface area contributed by atoms with E-state index in [9.17, 15) is 0 Å². The van der Waals surface area contributed by atoms with Crippen molar-refractivity contribution in [1.29, 1.82) is 0 Å². The highest BCUT2D eigenvalue weighted by atomic mass is 35.5. The average molecular weight is 349 g/mol. The summed E-state index contributed by atoms with van der Waals surface area (Å²) in [6.45, 7) is 0. The van der Waals surface area contributed by atoms with Gasteiger partial charge in [0.15, 0.2) is 0 Å². The van der Waals surface area contributed by atoms with Gasteiger partial charge < -0.3 is 0 Å². The summed E-state index contributed by atoms with van der Waals surface area (Å²) >= 11 is 0. The van der Waals surface area contributed by atoms with Gasteiger partial charge in [0.25, 0.3) is 5.95 Å². The maximum absolute atomic E-state index is 4.69. The van der Waals surface area contributed by atoms with Crippen LogP contribution in [0.3, 0.4) is 0 Å². The predicted molar refractivity (Wildman–Crippen MR) is 101 cm³/mol. The molecule has 0 saturated heterocycles. The fourth-order valence-electron chi connectivity index (χ4n) is 2.50. The number of rotatable bonds is 4. The van der Waals surface area contributed by atoms with Crippen molar-refractivity contribution in [2.24, 2.45) is 0 Å². The first kappa shape index (κ1) is 16.7. The molecule has 1 heterocycles. The molecule has 0 bridgehead atoms. The van der Waals surface area contributed by atoms with Crippen LogP contribution in [0.15, 0.2) is 97.3 Å². The minimum atomic E-state index is 0. The van der Waals surface area contributed by atoms with Crippen molar-refractivity contribution in [3.8, 4) is 11.4 Å². The topological polar surface area (TPSA) is 35.8 Å². The smallest absolute Gasteiger partial charge is 0.254 e. The van der Waals surface area contributed by atoms with E-state index >= 15 is 0 Å². The Hall–Kier alpha value is -3.11. The first-order valence-corrected chi connectivity index (χ1v) is 7.79. The van der Waals surface area contributed by atoms with Crippen molar-refractivity contribution in [2.45, 2.75) is 0 Å². The van der Waals surface area contributed by atoms with Gasteiger partial charge in [0, 0.05) is 0 Å². The number of hydrogen-bond donors (Lipinski definition) is 0. The molecule has 0 atom stereocenters. The van der Waals surface area contributed by atoms with E-state index in [2.05, 4.69) is 5.10 Å². The van der Waals surface area contributed by atoms with Crippen LogP contribution in [-0.2, 0) is 0 Å². The van der Waals surface area contributed by atoms with E-state index in [0.29, 0.717) is 5.95 Å². The van der Waals surface area contributed by atoms with E-state index in [1.807, 2.05) is 107 Å². The quantitative estimate of drug-likeness (QED) is 0.483. The van der Waals surface area contributed by atoms with Gasteiger partial charge in [-0.2, -0.15) is 0 Å². The molecule has 25 heavy (non-hydrogen) atoms. The van der Waals surface area contributed by atoms with Crippen LogP contribution in [0, 0.1) is 0 Å². The summed E-state index contributed by atoms with van der Waals surface area (Å²) in [4.78, 5) is 0. The second kappa shape index (κ2) is 7.64. The van der Waals surface area contributed by atoms with Gasteiger partial charge in [0.1, 0.15) is 6.33 Å². The minimum Gasteiger partial charge on any atom is -0.268 e. The zero-order valence-corrected chi connectivity index (χ0v) is 14.3. The Morgan fingerprint density at radius 1 is 0.720 bits per heavy atom. The molecule has 0 aliphatic rings. The van der Waals surface area contributed by atoms with Crippen molar-refractivity contribution in [2.75, 3.05) is 0 Å². The molecule has 3 aromatic carbocycles. The zero-order valence-electron chi connectivity index (χ0n) is 13.4. The third-order valence-corrected chi connectivity index (χ3v) is 3.68. The molecule has 0 unspecified atom stereocenters. The molecule has 0 aliphatic heterocycles. The van der Waals surface area contributed by atoms with Crippen LogP contribution in [0.25, 0.3) is 16.7 Å². The van der Waals surface area contributed by atoms with Crippen LogP contribution in [0.1, 0.15) is 0 Å². The SMILES string of the molecule is Cl.c1ccc([N-]c2nn(-c3ccccc3)c[n+]2-c2ccccc2)cc1. The molecule has 0 spiro atoms. The average Bonchev–Trinajstić information content (AvgIpc) is 3.08. The Labute approximate surface area is 152 Å². The molecule has 0 aliphatic carbocycles. The first-order chi connectivity index (χ1) is 11.9. The van der Waals surface area contributed by atoms with Gasteiger partial charge in [0.05, 0.1) is 17.1 Å². The molecule has 0 saturated carbocycles. The molecule has 4 rings (SSSR count). The van der Waals surface area contributed by atoms with Gasteiger partial charge in [-0.05, 0) is 36.4 Å². The molecule has 0 N–H and O–H groups in total. The fraction of sp³-hybridized carbons (Fsp3) is 0. The summed E-state index contributed by atoms with van der Waals surface area (Å²) in [5, 5.41) is 9.36. The second-order valence-electron chi connectivity index (χ2n) is 5.35. The van der Waals surface area contributed by atoms with Crippen LogP contribution < -0.4 is 4.57 Å². The van der Waals surface area contributed by atoms with Crippen molar-refractivity contribution in [1.82, 2.24) is 9.78 Å². The predicted octanol–water partition coefficient (Wildman–Crippen LogP) is 4.91. The van der Waals surface area contributed by atoms with Crippen LogP contribution in [0.2, 0.25) is 0 Å². The number of benzene rings is 3. The molecule has 0 radical (unpaired) electrons. The number of nitrogens with zero attached hydrogens (tertiary/aromatic N) is 4. The van der Waals surface area contributed by atoms with Gasteiger partial charge in [-0.25, -0.2) is 10.00 Å². The van der Waals surface area contributed by atoms with Crippen LogP contribution >= 0.6 is 12.4 Å². The first-order valence-electron chi connectivity index (χ1n) is 7.79. The molecular formula is C20H17ClN4. The summed E-state index contributed by atoms with van der Waals surface area (Å²) in [6, 6.07) is 30.0. The standard InChI is InChI=1S/C20H16N4.ClH/c1-4-10-17(11-5-1)21-20-22-24(19-14-8-3-9-15-19)16-23(20)18-12-6-2-7-13-18;/h1-16H;1H. The van der Waals surface area contributed by atoms with Crippen molar-refractivity contribution >= 4 is 24.0 Å². The lowest BCUT2D eigenvalue weighted by Crippen LogP contribution is -2.28. The van der Waals surface area contributed by atoms with Gasteiger partial charge in [-0.1, -0.05) is 54.6 Å². The number of para-hydroxylation sites is 3. The lowest BCUT2D eigenvalue weighted by molar-refractivity contribution is -0.580. The van der Waals surface area contributed by atoms with Crippen molar-refractivity contribution in [3.63, 3.8) is 0 Å². The highest BCUT2D eigenvalue weighted by Gasteiger charge is 2.11. The lowest BCUT2D eigenvalue weighted by Gasteiger charge is -2.06. The Kier molecular flexibility index (Phi) is 5.11. The van der Waals surface area contributed by atoms with Gasteiger partial charge in [-0.3, -0.25) is 4.57 Å². The van der Waals surface area contributed by atoms with E-state index in [4.69, 9.17) is 5.32 Å². The van der Waals surface area contributed by atoms with Crippen LogP contribution in [-0.4, -0.2) is 9.78 Å². The third kappa shape index (κ3) is 3.70. The maximum Gasteiger partial charge on any atom is 0.254 e. The summed E-state index contributed by atoms with van der Waals surface area (Å²) in [7, 11) is 0. The largest absolute Gasteiger partial charge is 0.268 e. The van der Waals surface area contributed by atoms with E-state index < -0.39 is 0 Å². The summed E-state index contributed by atoms with van der Waals surface area (Å²) in [5.74, 6) is 0.635. The molecule has 5 heteroatoms. The molecule has 124 valence electrons. The van der Waals surface area contributed by atoms with Gasteiger partial charge in [-0.15, -0.1) is 17.5 Å². The molecule has 1 aromatic heterocycles. The minimum absolute atomic E-state index is 0. The maximum atomic E-state index is 4.69. The highest BCUT2D eigenvalue weighted by Crippen LogP contribution is 2.26. The Morgan fingerprint density at radius 3 is 1.92 bits per heavy atom. The zero-order chi connectivity index (χ0) is 16.2. The normalized spacial score (nSPS) is 10.1. The number of hydrogen-bond acceptors (Lipinski definition) is 1. The van der Waals surface area contributed by atoms with E-state index in [0.717, 1.165) is 17.1 Å². The molecule has 0 fully saturated rings. The third-order valence-electron chi connectivity index (χ3n) is 3.68. The van der Waals surface area contributed by atoms with E-state index in [-0.39, 0.29) is 12.4 Å². The number of halogens is 1. The molecule has 0 amide bonds. The van der Waals surface area contributed by atoms with Gasteiger partial charge >= 0.3 is 0 Å². The van der Waals surface area contributed by atoms with Crippen molar-refractivity contribution in [3.05, 3.63) is 103 Å². The van der Waals surface area contributed by atoms with Crippen molar-refractivity contribution < 1.29 is 4.57 Å². The molecule has 4 nitrogen and oxygen atoms in total. The van der Waals surface area contributed by atoms with E-state index in [1.165, 1.54) is 0 Å². The number of aromatic nitrogens is 3.